The smallest absolute Gasteiger partial charge is 0.0872 e. The second-order valence-corrected chi connectivity index (χ2v) is 5.78. The average Bonchev–Trinajstić information content (AvgIpc) is 2.90. The number of hydrogen-bond donors (Lipinski definition) is 1. The van der Waals surface area contributed by atoms with Crippen LogP contribution in [0.4, 0.5) is 0 Å². The fourth-order valence-electron chi connectivity index (χ4n) is 1.86. The van der Waals surface area contributed by atoms with Crippen LogP contribution in [0.3, 0.4) is 0 Å². The van der Waals surface area contributed by atoms with E-state index in [0.29, 0.717) is 5.02 Å². The molecule has 0 aromatic carbocycles. The Hall–Kier alpha value is -0.550. The van der Waals surface area contributed by atoms with E-state index in [9.17, 15) is 0 Å². The van der Waals surface area contributed by atoms with Crippen LogP contribution in [0.15, 0.2) is 17.6 Å². The Morgan fingerprint density at radius 3 is 2.72 bits per heavy atom. The molecular formula is C12H15Cl2N3S. The summed E-state index contributed by atoms with van der Waals surface area (Å²) in [6.45, 7) is 3.03. The van der Waals surface area contributed by atoms with Gasteiger partial charge >= 0.3 is 0 Å². The summed E-state index contributed by atoms with van der Waals surface area (Å²) in [5.41, 5.74) is 0.953. The van der Waals surface area contributed by atoms with Gasteiger partial charge in [-0.1, -0.05) is 30.1 Å². The first-order valence-electron chi connectivity index (χ1n) is 5.78. The maximum Gasteiger partial charge on any atom is 0.0872 e. The maximum absolute atomic E-state index is 6.23. The fourth-order valence-corrected chi connectivity index (χ4v) is 3.38. The van der Waals surface area contributed by atoms with E-state index in [1.807, 2.05) is 18.5 Å². The molecule has 0 saturated heterocycles. The van der Waals surface area contributed by atoms with Crippen molar-refractivity contribution in [3.05, 3.63) is 38.3 Å². The Morgan fingerprint density at radius 2 is 2.22 bits per heavy atom. The third-order valence-corrected chi connectivity index (χ3v) is 4.43. The highest BCUT2D eigenvalue weighted by molar-refractivity contribution is 7.10. The Labute approximate surface area is 121 Å². The SMILES string of the molecule is CCCNC(c1sccc1Cl)c1c(Cl)cnn1C. The second-order valence-electron chi connectivity index (χ2n) is 4.02. The molecule has 0 fully saturated rings. The van der Waals surface area contributed by atoms with E-state index in [1.54, 1.807) is 22.2 Å². The van der Waals surface area contributed by atoms with Crippen LogP contribution in [-0.4, -0.2) is 16.3 Å². The summed E-state index contributed by atoms with van der Waals surface area (Å²) in [5, 5.41) is 11.1. The van der Waals surface area contributed by atoms with Crippen LogP contribution in [0.2, 0.25) is 10.0 Å². The molecule has 6 heteroatoms. The van der Waals surface area contributed by atoms with E-state index >= 15 is 0 Å². The van der Waals surface area contributed by atoms with Crippen LogP contribution in [0, 0.1) is 0 Å². The highest BCUT2D eigenvalue weighted by Gasteiger charge is 2.23. The lowest BCUT2D eigenvalue weighted by atomic mass is 10.1. The molecule has 2 aromatic heterocycles. The van der Waals surface area contributed by atoms with Gasteiger partial charge in [-0.15, -0.1) is 11.3 Å². The van der Waals surface area contributed by atoms with Crippen molar-refractivity contribution in [2.45, 2.75) is 19.4 Å². The van der Waals surface area contributed by atoms with Gasteiger partial charge in [0.25, 0.3) is 0 Å². The molecule has 1 atom stereocenters. The van der Waals surface area contributed by atoms with Crippen molar-refractivity contribution in [3.8, 4) is 0 Å². The normalized spacial score (nSPS) is 12.9. The van der Waals surface area contributed by atoms with Crippen LogP contribution in [0.5, 0.6) is 0 Å². The van der Waals surface area contributed by atoms with Gasteiger partial charge in [0.1, 0.15) is 0 Å². The third kappa shape index (κ3) is 2.72. The summed E-state index contributed by atoms with van der Waals surface area (Å²) >= 11 is 14.1. The lowest BCUT2D eigenvalue weighted by molar-refractivity contribution is 0.560. The molecule has 0 saturated carbocycles. The van der Waals surface area contributed by atoms with Crippen LogP contribution >= 0.6 is 34.5 Å². The number of hydrogen-bond acceptors (Lipinski definition) is 3. The minimum Gasteiger partial charge on any atom is -0.304 e. The molecule has 3 nitrogen and oxygen atoms in total. The fraction of sp³-hybridized carbons (Fsp3) is 0.417. The molecule has 0 aliphatic carbocycles. The predicted molar refractivity (Wildman–Crippen MR) is 77.7 cm³/mol. The van der Waals surface area contributed by atoms with E-state index < -0.39 is 0 Å². The van der Waals surface area contributed by atoms with Gasteiger partial charge in [0, 0.05) is 11.9 Å². The number of aromatic nitrogens is 2. The van der Waals surface area contributed by atoms with E-state index in [-0.39, 0.29) is 6.04 Å². The molecule has 18 heavy (non-hydrogen) atoms. The minimum atomic E-state index is -0.00236. The van der Waals surface area contributed by atoms with Gasteiger partial charge in [0.05, 0.1) is 28.0 Å². The monoisotopic (exact) mass is 303 g/mol. The van der Waals surface area contributed by atoms with Gasteiger partial charge in [0.15, 0.2) is 0 Å². The molecular weight excluding hydrogens is 289 g/mol. The molecule has 0 aliphatic heterocycles. The Kier molecular flexibility index (Phi) is 4.67. The van der Waals surface area contributed by atoms with Crippen molar-refractivity contribution < 1.29 is 0 Å². The Bertz CT molecular complexity index is 502. The van der Waals surface area contributed by atoms with Crippen molar-refractivity contribution in [1.82, 2.24) is 15.1 Å². The van der Waals surface area contributed by atoms with E-state index in [0.717, 1.165) is 28.6 Å². The molecule has 0 radical (unpaired) electrons. The van der Waals surface area contributed by atoms with E-state index in [2.05, 4.69) is 17.3 Å². The summed E-state index contributed by atoms with van der Waals surface area (Å²) in [7, 11) is 1.89. The van der Waals surface area contributed by atoms with Crippen molar-refractivity contribution >= 4 is 34.5 Å². The average molecular weight is 304 g/mol. The van der Waals surface area contributed by atoms with Gasteiger partial charge in [-0.3, -0.25) is 4.68 Å². The van der Waals surface area contributed by atoms with Gasteiger partial charge < -0.3 is 5.32 Å². The van der Waals surface area contributed by atoms with Gasteiger partial charge in [-0.05, 0) is 24.4 Å². The lowest BCUT2D eigenvalue weighted by Crippen LogP contribution is -2.25. The molecule has 0 bridgehead atoms. The number of aryl methyl sites for hydroxylation is 1. The summed E-state index contributed by atoms with van der Waals surface area (Å²) < 4.78 is 1.80. The third-order valence-electron chi connectivity index (χ3n) is 2.72. The van der Waals surface area contributed by atoms with Crippen molar-refractivity contribution in [3.63, 3.8) is 0 Å². The van der Waals surface area contributed by atoms with Gasteiger partial charge in [-0.2, -0.15) is 5.10 Å². The Balaban J connectivity index is 2.40. The van der Waals surface area contributed by atoms with Crippen molar-refractivity contribution in [2.24, 2.45) is 7.05 Å². The molecule has 98 valence electrons. The van der Waals surface area contributed by atoms with E-state index in [1.165, 1.54) is 0 Å². The van der Waals surface area contributed by atoms with E-state index in [4.69, 9.17) is 23.2 Å². The first kappa shape index (κ1) is 13.9. The van der Waals surface area contributed by atoms with Crippen LogP contribution in [0.25, 0.3) is 0 Å². The molecule has 0 aliphatic rings. The first-order chi connectivity index (χ1) is 8.65. The minimum absolute atomic E-state index is 0.00236. The van der Waals surface area contributed by atoms with Crippen LogP contribution in [-0.2, 0) is 7.05 Å². The van der Waals surface area contributed by atoms with Crippen LogP contribution < -0.4 is 5.32 Å². The van der Waals surface area contributed by atoms with Crippen LogP contribution in [0.1, 0.15) is 30.0 Å². The van der Waals surface area contributed by atoms with Crippen molar-refractivity contribution in [1.29, 1.82) is 0 Å². The topological polar surface area (TPSA) is 29.9 Å². The summed E-state index contributed by atoms with van der Waals surface area (Å²) in [4.78, 5) is 1.08. The molecule has 0 spiro atoms. The number of halogens is 2. The second kappa shape index (κ2) is 6.06. The highest BCUT2D eigenvalue weighted by atomic mass is 35.5. The lowest BCUT2D eigenvalue weighted by Gasteiger charge is -2.18. The standard InChI is InChI=1S/C12H15Cl2N3S/c1-3-5-15-10(12-8(13)4-6-18-12)11-9(14)7-16-17(11)2/h4,6-7,10,15H,3,5H2,1-2H3. The number of nitrogens with zero attached hydrogens (tertiary/aromatic N) is 2. The molecule has 1 unspecified atom stereocenters. The molecule has 1 N–H and O–H groups in total. The maximum atomic E-state index is 6.23. The van der Waals surface area contributed by atoms with Gasteiger partial charge in [-0.25, -0.2) is 0 Å². The highest BCUT2D eigenvalue weighted by Crippen LogP contribution is 2.35. The summed E-state index contributed by atoms with van der Waals surface area (Å²) in [5.74, 6) is 0. The number of nitrogens with one attached hydrogen (secondary N) is 1. The number of rotatable bonds is 5. The molecule has 2 aromatic rings. The predicted octanol–water partition coefficient (Wildman–Crippen LogP) is 3.88. The largest absolute Gasteiger partial charge is 0.304 e. The summed E-state index contributed by atoms with van der Waals surface area (Å²) in [6.07, 6.45) is 2.72. The number of thiophene rings is 1. The zero-order valence-corrected chi connectivity index (χ0v) is 12.6. The zero-order valence-electron chi connectivity index (χ0n) is 10.3. The quantitative estimate of drug-likeness (QED) is 0.908. The Morgan fingerprint density at radius 1 is 1.44 bits per heavy atom. The summed E-state index contributed by atoms with van der Waals surface area (Å²) in [6, 6.07) is 1.91. The molecule has 0 amide bonds. The first-order valence-corrected chi connectivity index (χ1v) is 7.42. The molecule has 2 heterocycles. The van der Waals surface area contributed by atoms with Gasteiger partial charge in [0.2, 0.25) is 0 Å². The molecule has 2 rings (SSSR count). The van der Waals surface area contributed by atoms with Crippen molar-refractivity contribution in [2.75, 3.05) is 6.54 Å². The zero-order chi connectivity index (χ0) is 13.1.